The van der Waals surface area contributed by atoms with Gasteiger partial charge in [0, 0.05) is 13.1 Å². The molecule has 1 unspecified atom stereocenters. The van der Waals surface area contributed by atoms with Crippen LogP contribution >= 0.6 is 0 Å². The third-order valence-electron chi connectivity index (χ3n) is 3.43. The van der Waals surface area contributed by atoms with E-state index in [2.05, 4.69) is 43.9 Å². The molecule has 0 bridgehead atoms. The van der Waals surface area contributed by atoms with Crippen molar-refractivity contribution in [2.75, 3.05) is 13.1 Å². The van der Waals surface area contributed by atoms with Crippen LogP contribution in [0.1, 0.15) is 36.5 Å². The summed E-state index contributed by atoms with van der Waals surface area (Å²) in [5.74, 6) is 0.875. The van der Waals surface area contributed by atoms with E-state index in [4.69, 9.17) is 0 Å². The van der Waals surface area contributed by atoms with Gasteiger partial charge in [-0.1, -0.05) is 36.2 Å². The van der Waals surface area contributed by atoms with E-state index < -0.39 is 0 Å². The van der Waals surface area contributed by atoms with Crippen molar-refractivity contribution in [3.63, 3.8) is 0 Å². The first-order valence-corrected chi connectivity index (χ1v) is 6.43. The zero-order valence-corrected chi connectivity index (χ0v) is 10.8. The lowest BCUT2D eigenvalue weighted by atomic mass is 9.99. The van der Waals surface area contributed by atoms with Gasteiger partial charge in [0.15, 0.2) is 0 Å². The zero-order chi connectivity index (χ0) is 11.5. The molecule has 1 saturated heterocycles. The van der Waals surface area contributed by atoms with E-state index in [-0.39, 0.29) is 0 Å². The van der Waals surface area contributed by atoms with Crippen LogP contribution in [0.4, 0.5) is 0 Å². The molecule has 1 aliphatic rings. The Morgan fingerprint density at radius 2 is 1.88 bits per heavy atom. The summed E-state index contributed by atoms with van der Waals surface area (Å²) in [6.07, 6.45) is 2.77. The van der Waals surface area contributed by atoms with E-state index in [9.17, 15) is 0 Å². The summed E-state index contributed by atoms with van der Waals surface area (Å²) >= 11 is 0. The minimum absolute atomic E-state index is 0.875. The van der Waals surface area contributed by atoms with Crippen LogP contribution in [0.25, 0.3) is 0 Å². The number of nitrogens with zero attached hydrogens (tertiary/aromatic N) is 1. The summed E-state index contributed by atoms with van der Waals surface area (Å²) in [6, 6.07) is 6.90. The van der Waals surface area contributed by atoms with Gasteiger partial charge in [0.2, 0.25) is 0 Å². The highest BCUT2D eigenvalue weighted by atomic mass is 15.1. The Labute approximate surface area is 99.5 Å². The molecule has 1 atom stereocenters. The molecule has 1 fully saturated rings. The molecule has 16 heavy (non-hydrogen) atoms. The van der Waals surface area contributed by atoms with Gasteiger partial charge >= 0.3 is 0 Å². The van der Waals surface area contributed by atoms with Gasteiger partial charge in [-0.25, -0.2) is 0 Å². The molecule has 1 aromatic carbocycles. The fraction of sp³-hybridized carbons (Fsp3) is 0.600. The van der Waals surface area contributed by atoms with Crippen LogP contribution in [0.15, 0.2) is 18.2 Å². The Morgan fingerprint density at radius 1 is 1.19 bits per heavy atom. The molecule has 1 aromatic rings. The van der Waals surface area contributed by atoms with Crippen molar-refractivity contribution < 1.29 is 0 Å². The molecule has 1 heterocycles. The van der Waals surface area contributed by atoms with Crippen molar-refractivity contribution in [1.82, 2.24) is 4.90 Å². The maximum Gasteiger partial charge on any atom is 0.0234 e. The number of benzene rings is 1. The average Bonchev–Trinajstić information content (AvgIpc) is 2.15. The second-order valence-electron chi connectivity index (χ2n) is 5.48. The average molecular weight is 217 g/mol. The standard InChI is InChI=1S/C15H23N/c1-12-5-4-6-16(10-12)11-15-8-13(2)7-14(3)9-15/h7-9,12H,4-6,10-11H2,1-3H3. The molecule has 0 aromatic heterocycles. The lowest BCUT2D eigenvalue weighted by molar-refractivity contribution is 0.176. The second kappa shape index (κ2) is 5.01. The topological polar surface area (TPSA) is 3.24 Å². The van der Waals surface area contributed by atoms with Crippen LogP contribution < -0.4 is 0 Å². The molecule has 2 rings (SSSR count). The highest BCUT2D eigenvalue weighted by molar-refractivity contribution is 5.28. The van der Waals surface area contributed by atoms with Gasteiger partial charge in [-0.15, -0.1) is 0 Å². The molecular formula is C15H23N. The quantitative estimate of drug-likeness (QED) is 0.732. The fourth-order valence-electron chi connectivity index (χ4n) is 2.85. The van der Waals surface area contributed by atoms with Gasteiger partial charge in [0.25, 0.3) is 0 Å². The molecule has 0 spiro atoms. The fourth-order valence-corrected chi connectivity index (χ4v) is 2.85. The molecule has 88 valence electrons. The number of likely N-dealkylation sites (tertiary alicyclic amines) is 1. The Bertz CT molecular complexity index is 336. The van der Waals surface area contributed by atoms with Crippen molar-refractivity contribution in [1.29, 1.82) is 0 Å². The first kappa shape index (κ1) is 11.7. The first-order valence-electron chi connectivity index (χ1n) is 6.43. The van der Waals surface area contributed by atoms with Crippen LogP contribution in [-0.4, -0.2) is 18.0 Å². The van der Waals surface area contributed by atoms with E-state index in [1.807, 2.05) is 0 Å². The third-order valence-corrected chi connectivity index (χ3v) is 3.43. The minimum Gasteiger partial charge on any atom is -0.299 e. The number of hydrogen-bond acceptors (Lipinski definition) is 1. The van der Waals surface area contributed by atoms with E-state index in [1.165, 1.54) is 42.6 Å². The molecule has 1 heteroatoms. The van der Waals surface area contributed by atoms with Crippen LogP contribution in [0.3, 0.4) is 0 Å². The van der Waals surface area contributed by atoms with Gasteiger partial charge < -0.3 is 0 Å². The first-order chi connectivity index (χ1) is 7.63. The highest BCUT2D eigenvalue weighted by Crippen LogP contribution is 2.18. The van der Waals surface area contributed by atoms with E-state index in [0.717, 1.165) is 12.5 Å². The Hall–Kier alpha value is -0.820. The lowest BCUT2D eigenvalue weighted by Crippen LogP contribution is -2.33. The summed E-state index contributed by atoms with van der Waals surface area (Å²) in [6.45, 7) is 10.4. The van der Waals surface area contributed by atoms with Crippen LogP contribution in [0.5, 0.6) is 0 Å². The maximum absolute atomic E-state index is 2.60. The smallest absolute Gasteiger partial charge is 0.0234 e. The monoisotopic (exact) mass is 217 g/mol. The normalized spacial score (nSPS) is 22.3. The summed E-state index contributed by atoms with van der Waals surface area (Å²) in [5.41, 5.74) is 4.26. The van der Waals surface area contributed by atoms with Crippen LogP contribution in [0.2, 0.25) is 0 Å². The molecule has 0 saturated carbocycles. The predicted molar refractivity (Wildman–Crippen MR) is 69.6 cm³/mol. The van der Waals surface area contributed by atoms with E-state index in [1.54, 1.807) is 0 Å². The summed E-state index contributed by atoms with van der Waals surface area (Å²) < 4.78 is 0. The Morgan fingerprint density at radius 3 is 2.50 bits per heavy atom. The van der Waals surface area contributed by atoms with E-state index >= 15 is 0 Å². The molecule has 0 N–H and O–H groups in total. The van der Waals surface area contributed by atoms with Crippen molar-refractivity contribution in [3.05, 3.63) is 34.9 Å². The largest absolute Gasteiger partial charge is 0.299 e. The number of aryl methyl sites for hydroxylation is 2. The molecule has 0 amide bonds. The van der Waals surface area contributed by atoms with Crippen molar-refractivity contribution in [3.8, 4) is 0 Å². The van der Waals surface area contributed by atoms with Gasteiger partial charge in [-0.3, -0.25) is 4.90 Å². The van der Waals surface area contributed by atoms with Crippen molar-refractivity contribution in [2.24, 2.45) is 5.92 Å². The van der Waals surface area contributed by atoms with Gasteiger partial charge in [0.1, 0.15) is 0 Å². The zero-order valence-electron chi connectivity index (χ0n) is 10.8. The summed E-state index contributed by atoms with van der Waals surface area (Å²) in [4.78, 5) is 2.60. The van der Waals surface area contributed by atoms with E-state index in [0.29, 0.717) is 0 Å². The Kier molecular flexibility index (Phi) is 3.65. The van der Waals surface area contributed by atoms with Gasteiger partial charge in [0.05, 0.1) is 0 Å². The summed E-state index contributed by atoms with van der Waals surface area (Å²) in [5, 5.41) is 0. The molecule has 1 aliphatic heterocycles. The van der Waals surface area contributed by atoms with Gasteiger partial charge in [-0.05, 0) is 44.7 Å². The molecule has 0 aliphatic carbocycles. The minimum atomic E-state index is 0.875. The molecule has 1 nitrogen and oxygen atoms in total. The van der Waals surface area contributed by atoms with Crippen LogP contribution in [0, 0.1) is 19.8 Å². The number of hydrogen-bond donors (Lipinski definition) is 0. The predicted octanol–water partition coefficient (Wildman–Crippen LogP) is 3.54. The second-order valence-corrected chi connectivity index (χ2v) is 5.48. The Balaban J connectivity index is 2.02. The number of piperidine rings is 1. The molecular weight excluding hydrogens is 194 g/mol. The van der Waals surface area contributed by atoms with Crippen molar-refractivity contribution >= 4 is 0 Å². The summed E-state index contributed by atoms with van der Waals surface area (Å²) in [7, 11) is 0. The van der Waals surface area contributed by atoms with Gasteiger partial charge in [-0.2, -0.15) is 0 Å². The maximum atomic E-state index is 2.60. The van der Waals surface area contributed by atoms with Crippen LogP contribution in [-0.2, 0) is 6.54 Å². The SMILES string of the molecule is Cc1cc(C)cc(CN2CCCC(C)C2)c1. The molecule has 0 radical (unpaired) electrons. The highest BCUT2D eigenvalue weighted by Gasteiger charge is 2.16. The third kappa shape index (κ3) is 3.08. The van der Waals surface area contributed by atoms with Crippen molar-refractivity contribution in [2.45, 2.75) is 40.2 Å². The lowest BCUT2D eigenvalue weighted by Gasteiger charge is -2.31. The number of rotatable bonds is 2.